The van der Waals surface area contributed by atoms with Crippen molar-refractivity contribution in [1.82, 2.24) is 4.72 Å². The number of hydrogen-bond donors (Lipinski definition) is 3. The fourth-order valence-electron chi connectivity index (χ4n) is 1.35. The highest BCUT2D eigenvalue weighted by molar-refractivity contribution is 7.89. The zero-order valence-electron chi connectivity index (χ0n) is 10.6. The molecule has 1 rings (SSSR count). The Morgan fingerprint density at radius 2 is 2.10 bits per heavy atom. The summed E-state index contributed by atoms with van der Waals surface area (Å²) in [6, 6.07) is 4.06. The smallest absolute Gasteiger partial charge is 0.255 e. The van der Waals surface area contributed by atoms with Gasteiger partial charge in [0.1, 0.15) is 10.6 Å². The Kier molecular flexibility index (Phi) is 6.21. The predicted molar refractivity (Wildman–Crippen MR) is 75.0 cm³/mol. The summed E-state index contributed by atoms with van der Waals surface area (Å²) >= 11 is 5.79. The van der Waals surface area contributed by atoms with Crippen molar-refractivity contribution in [3.05, 3.63) is 23.2 Å². The molecular weight excluding hydrogens is 306 g/mol. The SMILES string of the molecule is NCCCNS(=O)(=O)c1cc(Cl)ccc1OCC(N)=O. The van der Waals surface area contributed by atoms with Crippen LogP contribution in [0.25, 0.3) is 0 Å². The van der Waals surface area contributed by atoms with Gasteiger partial charge in [-0.25, -0.2) is 13.1 Å². The van der Waals surface area contributed by atoms with Gasteiger partial charge in [-0.05, 0) is 31.2 Å². The summed E-state index contributed by atoms with van der Waals surface area (Å²) in [7, 11) is -3.80. The van der Waals surface area contributed by atoms with Crippen molar-refractivity contribution in [3.8, 4) is 5.75 Å². The van der Waals surface area contributed by atoms with E-state index in [9.17, 15) is 13.2 Å². The van der Waals surface area contributed by atoms with Crippen LogP contribution in [0.15, 0.2) is 23.1 Å². The van der Waals surface area contributed by atoms with E-state index in [1.807, 2.05) is 0 Å². The van der Waals surface area contributed by atoms with Gasteiger partial charge in [0.15, 0.2) is 6.61 Å². The summed E-state index contributed by atoms with van der Waals surface area (Å²) in [5, 5.41) is 0.232. The number of nitrogens with one attached hydrogen (secondary N) is 1. The van der Waals surface area contributed by atoms with E-state index in [1.165, 1.54) is 18.2 Å². The summed E-state index contributed by atoms with van der Waals surface area (Å²) in [5.41, 5.74) is 10.3. The maximum absolute atomic E-state index is 12.1. The Morgan fingerprint density at radius 1 is 1.40 bits per heavy atom. The van der Waals surface area contributed by atoms with Gasteiger partial charge in [-0.15, -0.1) is 0 Å². The molecule has 0 unspecified atom stereocenters. The third-order valence-electron chi connectivity index (χ3n) is 2.24. The number of rotatable bonds is 8. The van der Waals surface area contributed by atoms with E-state index in [4.69, 9.17) is 27.8 Å². The number of sulfonamides is 1. The molecule has 1 amide bonds. The summed E-state index contributed by atoms with van der Waals surface area (Å²) in [4.78, 5) is 10.6. The number of benzene rings is 1. The summed E-state index contributed by atoms with van der Waals surface area (Å²) < 4.78 is 31.7. The molecule has 9 heteroatoms. The topological polar surface area (TPSA) is 125 Å². The number of halogens is 1. The average Bonchev–Trinajstić information content (AvgIpc) is 2.37. The fraction of sp³-hybridized carbons (Fsp3) is 0.364. The number of primary amides is 1. The lowest BCUT2D eigenvalue weighted by Gasteiger charge is -2.12. The molecule has 7 nitrogen and oxygen atoms in total. The lowest BCUT2D eigenvalue weighted by Crippen LogP contribution is -2.27. The zero-order valence-corrected chi connectivity index (χ0v) is 12.2. The van der Waals surface area contributed by atoms with Gasteiger partial charge in [-0.3, -0.25) is 4.79 Å². The highest BCUT2D eigenvalue weighted by Gasteiger charge is 2.20. The molecule has 1 aromatic rings. The third-order valence-corrected chi connectivity index (χ3v) is 3.96. The Hall–Kier alpha value is -1.35. The molecule has 0 aliphatic carbocycles. The largest absolute Gasteiger partial charge is 0.482 e. The first kappa shape index (κ1) is 16.7. The molecule has 0 atom stereocenters. The first-order valence-electron chi connectivity index (χ1n) is 5.77. The van der Waals surface area contributed by atoms with Crippen LogP contribution in [0.1, 0.15) is 6.42 Å². The van der Waals surface area contributed by atoms with Crippen LogP contribution in [0.2, 0.25) is 5.02 Å². The molecule has 0 aliphatic heterocycles. The van der Waals surface area contributed by atoms with Crippen molar-refractivity contribution in [2.45, 2.75) is 11.3 Å². The quantitative estimate of drug-likeness (QED) is 0.573. The number of ether oxygens (including phenoxy) is 1. The molecule has 112 valence electrons. The maximum Gasteiger partial charge on any atom is 0.255 e. The molecule has 0 aromatic heterocycles. The Morgan fingerprint density at radius 3 is 2.70 bits per heavy atom. The highest BCUT2D eigenvalue weighted by Crippen LogP contribution is 2.27. The molecule has 0 bridgehead atoms. The second-order valence-electron chi connectivity index (χ2n) is 3.89. The standard InChI is InChI=1S/C11H16ClN3O4S/c12-8-2-3-9(19-7-11(14)16)10(6-8)20(17,18)15-5-1-4-13/h2-3,6,15H,1,4-5,7,13H2,(H2,14,16). The molecule has 1 aromatic carbocycles. The first-order chi connectivity index (χ1) is 9.36. The Balaban J connectivity index is 3.01. The van der Waals surface area contributed by atoms with Crippen LogP contribution in [0.4, 0.5) is 0 Å². The Bertz CT molecular complexity index is 577. The summed E-state index contributed by atoms with van der Waals surface area (Å²) in [6.45, 7) is 0.136. The molecular formula is C11H16ClN3O4S. The highest BCUT2D eigenvalue weighted by atomic mass is 35.5. The number of hydrogen-bond acceptors (Lipinski definition) is 5. The van der Waals surface area contributed by atoms with Crippen LogP contribution in [0, 0.1) is 0 Å². The van der Waals surface area contributed by atoms with Crippen LogP contribution < -0.4 is 20.9 Å². The van der Waals surface area contributed by atoms with Gasteiger partial charge in [0.2, 0.25) is 10.0 Å². The van der Waals surface area contributed by atoms with Gasteiger partial charge in [-0.1, -0.05) is 11.6 Å². The zero-order chi connectivity index (χ0) is 15.2. The average molecular weight is 322 g/mol. The van der Waals surface area contributed by atoms with Gasteiger partial charge >= 0.3 is 0 Å². The van der Waals surface area contributed by atoms with Crippen molar-refractivity contribution in [2.24, 2.45) is 11.5 Å². The van der Waals surface area contributed by atoms with E-state index >= 15 is 0 Å². The van der Waals surface area contributed by atoms with Crippen LogP contribution in [0.5, 0.6) is 5.75 Å². The monoisotopic (exact) mass is 321 g/mol. The molecule has 0 radical (unpaired) electrons. The van der Waals surface area contributed by atoms with Gasteiger partial charge < -0.3 is 16.2 Å². The van der Waals surface area contributed by atoms with Crippen LogP contribution in [-0.2, 0) is 14.8 Å². The van der Waals surface area contributed by atoms with E-state index in [1.54, 1.807) is 0 Å². The third kappa shape index (κ3) is 4.97. The van der Waals surface area contributed by atoms with Crippen LogP contribution in [0.3, 0.4) is 0 Å². The first-order valence-corrected chi connectivity index (χ1v) is 7.63. The van der Waals surface area contributed by atoms with Gasteiger partial charge in [0.25, 0.3) is 5.91 Å². The summed E-state index contributed by atoms with van der Waals surface area (Å²) in [5.74, 6) is -0.701. The van der Waals surface area contributed by atoms with Crippen molar-refractivity contribution in [3.63, 3.8) is 0 Å². The van der Waals surface area contributed by atoms with E-state index in [2.05, 4.69) is 4.72 Å². The second kappa shape index (κ2) is 7.44. The van der Waals surface area contributed by atoms with E-state index in [-0.39, 0.29) is 22.2 Å². The number of nitrogens with two attached hydrogens (primary N) is 2. The van der Waals surface area contributed by atoms with Gasteiger partial charge in [-0.2, -0.15) is 0 Å². The van der Waals surface area contributed by atoms with E-state index in [0.29, 0.717) is 13.0 Å². The molecule has 0 saturated heterocycles. The predicted octanol–water partition coefficient (Wildman–Crippen LogP) is -0.169. The second-order valence-corrected chi connectivity index (χ2v) is 6.06. The molecule has 0 spiro atoms. The fourth-order valence-corrected chi connectivity index (χ4v) is 2.83. The van der Waals surface area contributed by atoms with Crippen molar-refractivity contribution in [2.75, 3.05) is 19.7 Å². The number of amides is 1. The van der Waals surface area contributed by atoms with Crippen molar-refractivity contribution < 1.29 is 17.9 Å². The van der Waals surface area contributed by atoms with Crippen molar-refractivity contribution >= 4 is 27.5 Å². The maximum atomic E-state index is 12.1. The molecule has 0 heterocycles. The number of carbonyl (C=O) groups is 1. The molecule has 5 N–H and O–H groups in total. The van der Waals surface area contributed by atoms with Crippen LogP contribution in [-0.4, -0.2) is 34.0 Å². The minimum Gasteiger partial charge on any atom is -0.482 e. The molecule has 20 heavy (non-hydrogen) atoms. The molecule has 0 aliphatic rings. The lowest BCUT2D eigenvalue weighted by molar-refractivity contribution is -0.120. The Labute approximate surface area is 122 Å². The minimum absolute atomic E-state index is 0.00782. The van der Waals surface area contributed by atoms with Crippen LogP contribution >= 0.6 is 11.6 Å². The molecule has 0 saturated carbocycles. The lowest BCUT2D eigenvalue weighted by atomic mass is 10.3. The van der Waals surface area contributed by atoms with E-state index in [0.717, 1.165) is 0 Å². The van der Waals surface area contributed by atoms with Gasteiger partial charge in [0.05, 0.1) is 0 Å². The number of carbonyl (C=O) groups excluding carboxylic acids is 1. The minimum atomic E-state index is -3.80. The van der Waals surface area contributed by atoms with E-state index < -0.39 is 22.5 Å². The normalized spacial score (nSPS) is 11.3. The van der Waals surface area contributed by atoms with Gasteiger partial charge in [0, 0.05) is 11.6 Å². The summed E-state index contributed by atoms with van der Waals surface area (Å²) in [6.07, 6.45) is 0.497. The molecule has 0 fully saturated rings. The van der Waals surface area contributed by atoms with Crippen molar-refractivity contribution in [1.29, 1.82) is 0 Å².